The fourth-order valence-corrected chi connectivity index (χ4v) is 8.33. The molecule has 4 aliphatic carbocycles. The Hall–Kier alpha value is -0.630. The van der Waals surface area contributed by atoms with E-state index in [4.69, 9.17) is 0 Å². The van der Waals surface area contributed by atoms with Gasteiger partial charge in [0.05, 0.1) is 6.10 Å². The summed E-state index contributed by atoms with van der Waals surface area (Å²) in [5.41, 5.74) is 3.66. The molecule has 0 aliphatic heterocycles. The fourth-order valence-electron chi connectivity index (χ4n) is 8.33. The fraction of sp³-hybridized carbons (Fsp3) is 0.870. The van der Waals surface area contributed by atoms with Crippen LogP contribution in [-0.2, 0) is 4.79 Å². The second kappa shape index (κ2) is 5.68. The molecule has 1 N–H and O–H groups in total. The van der Waals surface area contributed by atoms with Crippen LogP contribution in [0, 0.1) is 40.4 Å². The van der Waals surface area contributed by atoms with Crippen molar-refractivity contribution in [2.75, 3.05) is 0 Å². The number of ketones is 1. The molecule has 4 aliphatic rings. The topological polar surface area (TPSA) is 37.3 Å². The number of Topliss-reactive ketones (excluding diaryl/α,β-unsaturated/α-hetero) is 1. The molecule has 0 saturated heterocycles. The average molecular weight is 345 g/mol. The molecule has 0 radical (unpaired) electrons. The molecule has 2 nitrogen and oxygen atoms in total. The molecule has 0 heterocycles. The van der Waals surface area contributed by atoms with Crippen molar-refractivity contribution in [3.8, 4) is 0 Å². The van der Waals surface area contributed by atoms with E-state index in [0.717, 1.165) is 31.1 Å². The smallest absolute Gasteiger partial charge is 0.133 e. The molecular formula is C23H36O2. The summed E-state index contributed by atoms with van der Waals surface area (Å²) < 4.78 is 0. The van der Waals surface area contributed by atoms with E-state index in [1.165, 1.54) is 25.7 Å². The first-order chi connectivity index (χ1) is 11.7. The molecule has 2 heteroatoms. The minimum atomic E-state index is -0.128. The first-order valence-corrected chi connectivity index (χ1v) is 10.6. The van der Waals surface area contributed by atoms with Crippen LogP contribution in [0.5, 0.6) is 0 Å². The van der Waals surface area contributed by atoms with E-state index in [9.17, 15) is 9.90 Å². The summed E-state index contributed by atoms with van der Waals surface area (Å²) in [4.78, 5) is 12.4. The Morgan fingerprint density at radius 2 is 1.84 bits per heavy atom. The van der Waals surface area contributed by atoms with Crippen molar-refractivity contribution in [3.63, 3.8) is 0 Å². The molecule has 0 aromatic heterocycles. The molecule has 4 unspecified atom stereocenters. The van der Waals surface area contributed by atoms with Gasteiger partial charge in [0, 0.05) is 5.92 Å². The van der Waals surface area contributed by atoms with E-state index in [1.54, 1.807) is 11.1 Å². The van der Waals surface area contributed by atoms with Crippen molar-refractivity contribution in [1.82, 2.24) is 0 Å². The number of aliphatic hydroxyl groups excluding tert-OH is 1. The minimum absolute atomic E-state index is 0.128. The second-order valence-electron chi connectivity index (χ2n) is 10.5. The molecule has 8 atom stereocenters. The molecule has 3 fully saturated rings. The summed E-state index contributed by atoms with van der Waals surface area (Å²) in [5, 5.41) is 10.2. The molecule has 0 aromatic carbocycles. The third kappa shape index (κ3) is 2.35. The number of carbonyl (C=O) groups excluding carboxylic acids is 1. The van der Waals surface area contributed by atoms with E-state index >= 15 is 0 Å². The zero-order valence-corrected chi connectivity index (χ0v) is 16.8. The average Bonchev–Trinajstić information content (AvgIpc) is 2.80. The maximum absolute atomic E-state index is 12.4. The third-order valence-electron chi connectivity index (χ3n) is 9.22. The zero-order valence-electron chi connectivity index (χ0n) is 16.8. The van der Waals surface area contributed by atoms with Gasteiger partial charge in [0.15, 0.2) is 0 Å². The van der Waals surface area contributed by atoms with Gasteiger partial charge in [-0.2, -0.15) is 0 Å². The first kappa shape index (κ1) is 17.8. The molecule has 0 aromatic rings. The summed E-state index contributed by atoms with van der Waals surface area (Å²) in [6, 6.07) is 0. The van der Waals surface area contributed by atoms with E-state index < -0.39 is 0 Å². The van der Waals surface area contributed by atoms with Gasteiger partial charge in [-0.3, -0.25) is 4.79 Å². The van der Waals surface area contributed by atoms with Crippen molar-refractivity contribution in [1.29, 1.82) is 0 Å². The summed E-state index contributed by atoms with van der Waals surface area (Å²) in [7, 11) is 0. The van der Waals surface area contributed by atoms with E-state index in [2.05, 4.69) is 27.7 Å². The van der Waals surface area contributed by atoms with Crippen LogP contribution in [-0.4, -0.2) is 17.0 Å². The summed E-state index contributed by atoms with van der Waals surface area (Å²) in [6.45, 7) is 11.4. The van der Waals surface area contributed by atoms with Gasteiger partial charge in [-0.1, -0.05) is 31.9 Å². The number of rotatable bonds is 1. The monoisotopic (exact) mass is 344 g/mol. The van der Waals surface area contributed by atoms with Crippen LogP contribution >= 0.6 is 0 Å². The number of allylic oxidation sites excluding steroid dienone is 1. The van der Waals surface area contributed by atoms with Crippen LogP contribution in [0.15, 0.2) is 11.1 Å². The number of hydrogen-bond donors (Lipinski definition) is 1. The standard InChI is InChI=1S/C23H36O2/c1-13-10-17-18(22(4)8-6-16(25)12-19(13)22)7-9-23(5)20(17)11-14(2)21(23)15(3)24/h14,16-18,20-21,25H,6-12H2,1-5H3/t14?,16-,17?,18?,20?,21+,22+,23-/m0/s1. The number of aliphatic hydroxyl groups is 1. The summed E-state index contributed by atoms with van der Waals surface area (Å²) >= 11 is 0. The highest BCUT2D eigenvalue weighted by Gasteiger charge is 2.61. The number of hydrogen-bond acceptors (Lipinski definition) is 2. The molecular weight excluding hydrogens is 308 g/mol. The lowest BCUT2D eigenvalue weighted by molar-refractivity contribution is -0.128. The quantitative estimate of drug-likeness (QED) is 0.668. The Bertz CT molecular complexity index is 620. The van der Waals surface area contributed by atoms with Gasteiger partial charge < -0.3 is 5.11 Å². The highest BCUT2D eigenvalue weighted by Crippen LogP contribution is 2.68. The van der Waals surface area contributed by atoms with Crippen LogP contribution in [0.2, 0.25) is 0 Å². The van der Waals surface area contributed by atoms with E-state index in [0.29, 0.717) is 23.0 Å². The lowest BCUT2D eigenvalue weighted by Crippen LogP contribution is -2.51. The van der Waals surface area contributed by atoms with Crippen molar-refractivity contribution in [2.45, 2.75) is 85.7 Å². The van der Waals surface area contributed by atoms with Gasteiger partial charge in [-0.15, -0.1) is 0 Å². The predicted octanol–water partition coefficient (Wildman–Crippen LogP) is 5.15. The summed E-state index contributed by atoms with van der Waals surface area (Å²) in [6.07, 6.45) is 7.83. The molecule has 25 heavy (non-hydrogen) atoms. The first-order valence-electron chi connectivity index (χ1n) is 10.6. The highest BCUT2D eigenvalue weighted by molar-refractivity contribution is 5.80. The van der Waals surface area contributed by atoms with Crippen LogP contribution in [0.3, 0.4) is 0 Å². The zero-order chi connectivity index (χ0) is 18.1. The van der Waals surface area contributed by atoms with E-state index in [1.807, 2.05) is 6.92 Å². The maximum atomic E-state index is 12.4. The number of carbonyl (C=O) groups is 1. The van der Waals surface area contributed by atoms with Gasteiger partial charge >= 0.3 is 0 Å². The Balaban J connectivity index is 1.73. The lowest BCUT2D eigenvalue weighted by atomic mass is 9.46. The summed E-state index contributed by atoms with van der Waals surface area (Å²) in [5.74, 6) is 3.44. The Morgan fingerprint density at radius 3 is 2.52 bits per heavy atom. The van der Waals surface area contributed by atoms with Gasteiger partial charge in [-0.05, 0) is 93.3 Å². The van der Waals surface area contributed by atoms with Gasteiger partial charge in [0.2, 0.25) is 0 Å². The van der Waals surface area contributed by atoms with E-state index in [-0.39, 0.29) is 17.4 Å². The second-order valence-corrected chi connectivity index (χ2v) is 10.5. The predicted molar refractivity (Wildman–Crippen MR) is 101 cm³/mol. The van der Waals surface area contributed by atoms with Gasteiger partial charge in [-0.25, -0.2) is 0 Å². The van der Waals surface area contributed by atoms with Crippen molar-refractivity contribution in [2.24, 2.45) is 40.4 Å². The highest BCUT2D eigenvalue weighted by atomic mass is 16.3. The van der Waals surface area contributed by atoms with Crippen molar-refractivity contribution < 1.29 is 9.90 Å². The van der Waals surface area contributed by atoms with Crippen LogP contribution < -0.4 is 0 Å². The third-order valence-corrected chi connectivity index (χ3v) is 9.22. The van der Waals surface area contributed by atoms with Crippen LogP contribution in [0.4, 0.5) is 0 Å². The molecule has 0 bridgehead atoms. The molecule has 4 rings (SSSR count). The minimum Gasteiger partial charge on any atom is -0.393 e. The van der Waals surface area contributed by atoms with Crippen LogP contribution in [0.1, 0.15) is 79.6 Å². The molecule has 0 amide bonds. The van der Waals surface area contributed by atoms with Crippen molar-refractivity contribution >= 4 is 5.78 Å². The Morgan fingerprint density at radius 1 is 1.12 bits per heavy atom. The van der Waals surface area contributed by atoms with Crippen molar-refractivity contribution in [3.05, 3.63) is 11.1 Å². The largest absolute Gasteiger partial charge is 0.393 e. The Labute approximate surface area is 153 Å². The lowest BCUT2D eigenvalue weighted by Gasteiger charge is -2.58. The molecule has 0 spiro atoms. The molecule has 140 valence electrons. The van der Waals surface area contributed by atoms with Gasteiger partial charge in [0.1, 0.15) is 5.78 Å². The number of fused-ring (bicyclic) bond motifs is 5. The maximum Gasteiger partial charge on any atom is 0.133 e. The SMILES string of the molecule is CC(=O)[C@H]1C(C)CC2C3CC(C)=C4C[C@@H](O)CC[C@]4(C)C3CC[C@@]21C. The van der Waals surface area contributed by atoms with Gasteiger partial charge in [0.25, 0.3) is 0 Å². The van der Waals surface area contributed by atoms with Crippen LogP contribution in [0.25, 0.3) is 0 Å². The normalized spacial score (nSPS) is 52.4. The molecule has 3 saturated carbocycles. The Kier molecular flexibility index (Phi) is 4.04.